The summed E-state index contributed by atoms with van der Waals surface area (Å²) < 4.78 is 51.5. The topological polar surface area (TPSA) is 79.4 Å². The lowest BCUT2D eigenvalue weighted by Crippen LogP contribution is -2.23. The van der Waals surface area contributed by atoms with E-state index in [0.717, 1.165) is 28.2 Å². The van der Waals surface area contributed by atoms with Gasteiger partial charge in [0, 0.05) is 26.4 Å². The van der Waals surface area contributed by atoms with Crippen molar-refractivity contribution in [1.82, 2.24) is 9.29 Å². The standard InChI is InChI=1S/C16H17F2N3O3S2/c1-10(16(22)20-14-6-4-11(17)8-13(14)18)25-15-7-5-12(9-19-15)26(23,24)21(2)3/h4-10H,1-3H3,(H,20,22). The number of hydrogen-bond acceptors (Lipinski definition) is 5. The average Bonchev–Trinajstić information content (AvgIpc) is 2.57. The van der Waals surface area contributed by atoms with Crippen LogP contribution in [0.25, 0.3) is 0 Å². The minimum Gasteiger partial charge on any atom is -0.323 e. The van der Waals surface area contributed by atoms with Gasteiger partial charge in [-0.15, -0.1) is 0 Å². The molecule has 0 aliphatic rings. The Morgan fingerprint density at radius 3 is 2.46 bits per heavy atom. The molecule has 0 radical (unpaired) electrons. The van der Waals surface area contributed by atoms with Crippen LogP contribution in [0.15, 0.2) is 46.5 Å². The Labute approximate surface area is 154 Å². The van der Waals surface area contributed by atoms with Crippen LogP contribution >= 0.6 is 11.8 Å². The number of amides is 1. The van der Waals surface area contributed by atoms with E-state index in [0.29, 0.717) is 11.1 Å². The van der Waals surface area contributed by atoms with Crippen LogP contribution in [0.5, 0.6) is 0 Å². The smallest absolute Gasteiger partial charge is 0.244 e. The number of carbonyl (C=O) groups excluding carboxylic acids is 1. The molecule has 0 bridgehead atoms. The predicted molar refractivity (Wildman–Crippen MR) is 95.4 cm³/mol. The van der Waals surface area contributed by atoms with Gasteiger partial charge in [-0.05, 0) is 31.2 Å². The van der Waals surface area contributed by atoms with E-state index in [1.165, 1.54) is 32.4 Å². The van der Waals surface area contributed by atoms with E-state index in [9.17, 15) is 22.0 Å². The van der Waals surface area contributed by atoms with Gasteiger partial charge in [0.2, 0.25) is 15.9 Å². The Hall–Kier alpha value is -2.04. The predicted octanol–water partition coefficient (Wildman–Crippen LogP) is 2.73. The number of aromatic nitrogens is 1. The maximum absolute atomic E-state index is 13.6. The van der Waals surface area contributed by atoms with Gasteiger partial charge in [0.05, 0.1) is 16.0 Å². The van der Waals surface area contributed by atoms with E-state index in [2.05, 4.69) is 10.3 Å². The number of nitrogens with zero attached hydrogens (tertiary/aromatic N) is 2. The molecule has 1 atom stereocenters. The Balaban J connectivity index is 2.05. The van der Waals surface area contributed by atoms with Crippen molar-refractivity contribution in [2.45, 2.75) is 22.1 Å². The van der Waals surface area contributed by atoms with Gasteiger partial charge in [-0.1, -0.05) is 11.8 Å². The van der Waals surface area contributed by atoms with Crippen LogP contribution in [-0.2, 0) is 14.8 Å². The number of carbonyl (C=O) groups is 1. The zero-order valence-corrected chi connectivity index (χ0v) is 15.9. The molecule has 6 nitrogen and oxygen atoms in total. The van der Waals surface area contributed by atoms with Gasteiger partial charge in [0.25, 0.3) is 0 Å². The van der Waals surface area contributed by atoms with Crippen molar-refractivity contribution in [3.63, 3.8) is 0 Å². The molecule has 1 N–H and O–H groups in total. The summed E-state index contributed by atoms with van der Waals surface area (Å²) in [5.74, 6) is -2.10. The summed E-state index contributed by atoms with van der Waals surface area (Å²) >= 11 is 1.08. The van der Waals surface area contributed by atoms with Gasteiger partial charge in [0.15, 0.2) is 0 Å². The maximum Gasteiger partial charge on any atom is 0.244 e. The van der Waals surface area contributed by atoms with E-state index < -0.39 is 32.8 Å². The minimum absolute atomic E-state index is 0.0392. The molecule has 1 aromatic carbocycles. The highest BCUT2D eigenvalue weighted by Gasteiger charge is 2.20. The third-order valence-corrected chi connectivity index (χ3v) is 6.19. The number of pyridine rings is 1. The number of sulfonamides is 1. The molecule has 2 aromatic rings. The normalized spacial score (nSPS) is 12.8. The van der Waals surface area contributed by atoms with Crippen LogP contribution in [0.1, 0.15) is 6.92 Å². The summed E-state index contributed by atoms with van der Waals surface area (Å²) in [5, 5.41) is 2.18. The number of halogens is 2. The summed E-state index contributed by atoms with van der Waals surface area (Å²) in [6, 6.07) is 5.75. The summed E-state index contributed by atoms with van der Waals surface area (Å²) in [4.78, 5) is 16.2. The number of nitrogens with one attached hydrogen (secondary N) is 1. The maximum atomic E-state index is 13.6. The quantitative estimate of drug-likeness (QED) is 0.753. The lowest BCUT2D eigenvalue weighted by atomic mass is 10.3. The molecule has 0 fully saturated rings. The molecule has 2 rings (SSSR count). The van der Waals surface area contributed by atoms with Crippen molar-refractivity contribution in [1.29, 1.82) is 0 Å². The van der Waals surface area contributed by atoms with Crippen molar-refractivity contribution in [3.05, 3.63) is 48.2 Å². The lowest BCUT2D eigenvalue weighted by Gasteiger charge is -2.13. The van der Waals surface area contributed by atoms with Crippen molar-refractivity contribution >= 4 is 33.4 Å². The molecule has 10 heteroatoms. The molecule has 0 aliphatic heterocycles. The average molecular weight is 401 g/mol. The third kappa shape index (κ3) is 4.77. The monoisotopic (exact) mass is 401 g/mol. The first-order valence-corrected chi connectivity index (χ1v) is 9.74. The van der Waals surface area contributed by atoms with Crippen LogP contribution in [0.4, 0.5) is 14.5 Å². The zero-order valence-electron chi connectivity index (χ0n) is 14.2. The molecule has 0 saturated heterocycles. The Kier molecular flexibility index (Phi) is 6.32. The van der Waals surface area contributed by atoms with E-state index >= 15 is 0 Å². The first-order chi connectivity index (χ1) is 12.1. The fourth-order valence-electron chi connectivity index (χ4n) is 1.86. The van der Waals surface area contributed by atoms with Crippen molar-refractivity contribution in [2.24, 2.45) is 0 Å². The molecule has 0 aliphatic carbocycles. The first kappa shape index (κ1) is 20.3. The number of rotatable bonds is 6. The Bertz CT molecular complexity index is 903. The summed E-state index contributed by atoms with van der Waals surface area (Å²) in [6.45, 7) is 1.59. The van der Waals surface area contributed by atoms with Gasteiger partial charge < -0.3 is 5.32 Å². The van der Waals surface area contributed by atoms with E-state index in [1.807, 2.05) is 0 Å². The van der Waals surface area contributed by atoms with Crippen LogP contribution in [0.2, 0.25) is 0 Å². The minimum atomic E-state index is -3.58. The number of thioether (sulfide) groups is 1. The van der Waals surface area contributed by atoms with Crippen LogP contribution in [0.3, 0.4) is 0 Å². The van der Waals surface area contributed by atoms with E-state index in [1.54, 1.807) is 6.92 Å². The molecule has 0 saturated carbocycles. The third-order valence-electron chi connectivity index (χ3n) is 3.34. The summed E-state index contributed by atoms with van der Waals surface area (Å²) in [6.07, 6.45) is 1.21. The fourth-order valence-corrected chi connectivity index (χ4v) is 3.50. The van der Waals surface area contributed by atoms with Gasteiger partial charge >= 0.3 is 0 Å². The highest BCUT2D eigenvalue weighted by molar-refractivity contribution is 8.00. The molecular formula is C16H17F2N3O3S2. The van der Waals surface area contributed by atoms with Crippen LogP contribution < -0.4 is 5.32 Å². The van der Waals surface area contributed by atoms with Crippen molar-refractivity contribution in [3.8, 4) is 0 Å². The molecular weight excluding hydrogens is 384 g/mol. The second-order valence-corrected chi connectivity index (χ2v) is 9.01. The molecule has 140 valence electrons. The first-order valence-electron chi connectivity index (χ1n) is 7.42. The molecule has 1 unspecified atom stereocenters. The van der Waals surface area contributed by atoms with Gasteiger partial charge in [-0.3, -0.25) is 4.79 Å². The SMILES string of the molecule is CC(Sc1ccc(S(=O)(=O)N(C)C)cn1)C(=O)Nc1ccc(F)cc1F. The fraction of sp³-hybridized carbons (Fsp3) is 0.250. The zero-order chi connectivity index (χ0) is 19.5. The van der Waals surface area contributed by atoms with Crippen molar-refractivity contribution < 1.29 is 22.0 Å². The molecule has 1 aromatic heterocycles. The summed E-state index contributed by atoms with van der Waals surface area (Å²) in [7, 11) is -0.746. The van der Waals surface area contributed by atoms with E-state index in [4.69, 9.17) is 0 Å². The number of benzene rings is 1. The molecule has 1 amide bonds. The van der Waals surface area contributed by atoms with Gasteiger partial charge in [-0.25, -0.2) is 26.5 Å². The molecule has 0 spiro atoms. The second-order valence-electron chi connectivity index (χ2n) is 5.49. The largest absolute Gasteiger partial charge is 0.323 e. The van der Waals surface area contributed by atoms with Gasteiger partial charge in [-0.2, -0.15) is 0 Å². The number of hydrogen-bond donors (Lipinski definition) is 1. The number of anilines is 1. The molecule has 1 heterocycles. The lowest BCUT2D eigenvalue weighted by molar-refractivity contribution is -0.115. The van der Waals surface area contributed by atoms with Crippen molar-refractivity contribution in [2.75, 3.05) is 19.4 Å². The summed E-state index contributed by atoms with van der Waals surface area (Å²) in [5.41, 5.74) is -0.121. The highest BCUT2D eigenvalue weighted by atomic mass is 32.2. The Morgan fingerprint density at radius 2 is 1.92 bits per heavy atom. The van der Waals surface area contributed by atoms with Crippen LogP contribution in [0, 0.1) is 11.6 Å². The molecule has 26 heavy (non-hydrogen) atoms. The Morgan fingerprint density at radius 1 is 1.23 bits per heavy atom. The van der Waals surface area contributed by atoms with E-state index in [-0.39, 0.29) is 10.6 Å². The second kappa shape index (κ2) is 8.11. The highest BCUT2D eigenvalue weighted by Crippen LogP contribution is 2.24. The van der Waals surface area contributed by atoms with Gasteiger partial charge in [0.1, 0.15) is 16.5 Å². The van der Waals surface area contributed by atoms with Crippen LogP contribution in [-0.4, -0.2) is 43.0 Å².